The first kappa shape index (κ1) is 11.1. The van der Waals surface area contributed by atoms with E-state index in [-0.39, 0.29) is 5.91 Å². The van der Waals surface area contributed by atoms with Crippen LogP contribution in [0, 0.1) is 0 Å². The number of nitrogens with two attached hydrogens (primary N) is 1. The van der Waals surface area contributed by atoms with E-state index in [1.807, 2.05) is 4.90 Å². The van der Waals surface area contributed by atoms with E-state index in [1.165, 1.54) is 6.42 Å². The molecule has 16 heavy (non-hydrogen) atoms. The molecular formula is C12H17N3O. The lowest BCUT2D eigenvalue weighted by atomic mass is 10.1. The SMILES string of the molecule is NCc1cc(C(=O)N2CCCCC2)ccn1. The van der Waals surface area contributed by atoms with Crippen molar-refractivity contribution in [2.75, 3.05) is 13.1 Å². The summed E-state index contributed by atoms with van der Waals surface area (Å²) >= 11 is 0. The summed E-state index contributed by atoms with van der Waals surface area (Å²) in [5.41, 5.74) is 6.98. The van der Waals surface area contributed by atoms with Gasteiger partial charge in [0.15, 0.2) is 0 Å². The minimum Gasteiger partial charge on any atom is -0.339 e. The van der Waals surface area contributed by atoms with Crippen molar-refractivity contribution in [3.63, 3.8) is 0 Å². The summed E-state index contributed by atoms with van der Waals surface area (Å²) in [5, 5.41) is 0. The Hall–Kier alpha value is -1.42. The average molecular weight is 219 g/mol. The molecule has 0 unspecified atom stereocenters. The molecule has 4 heteroatoms. The molecule has 2 heterocycles. The van der Waals surface area contributed by atoms with E-state index in [4.69, 9.17) is 5.73 Å². The fraction of sp³-hybridized carbons (Fsp3) is 0.500. The summed E-state index contributed by atoms with van der Waals surface area (Å²) < 4.78 is 0. The zero-order valence-corrected chi connectivity index (χ0v) is 9.35. The Morgan fingerprint density at radius 2 is 2.12 bits per heavy atom. The number of hydrogen-bond acceptors (Lipinski definition) is 3. The molecule has 0 atom stereocenters. The summed E-state index contributed by atoms with van der Waals surface area (Å²) in [4.78, 5) is 18.1. The smallest absolute Gasteiger partial charge is 0.253 e. The fourth-order valence-corrected chi connectivity index (χ4v) is 2.00. The van der Waals surface area contributed by atoms with Crippen molar-refractivity contribution in [2.24, 2.45) is 5.73 Å². The number of pyridine rings is 1. The molecule has 0 saturated carbocycles. The predicted octanol–water partition coefficient (Wildman–Crippen LogP) is 1.17. The van der Waals surface area contributed by atoms with Crippen molar-refractivity contribution < 1.29 is 4.79 Å². The number of hydrogen-bond donors (Lipinski definition) is 1. The van der Waals surface area contributed by atoms with E-state index in [2.05, 4.69) is 4.98 Å². The zero-order valence-electron chi connectivity index (χ0n) is 9.35. The molecule has 0 bridgehead atoms. The Labute approximate surface area is 95.5 Å². The third-order valence-corrected chi connectivity index (χ3v) is 2.92. The Morgan fingerprint density at radius 3 is 2.81 bits per heavy atom. The van der Waals surface area contributed by atoms with E-state index >= 15 is 0 Å². The van der Waals surface area contributed by atoms with Crippen LogP contribution in [-0.2, 0) is 6.54 Å². The predicted molar refractivity (Wildman–Crippen MR) is 61.9 cm³/mol. The first-order valence-electron chi connectivity index (χ1n) is 5.75. The number of carbonyl (C=O) groups excluding carboxylic acids is 1. The van der Waals surface area contributed by atoms with E-state index in [9.17, 15) is 4.79 Å². The van der Waals surface area contributed by atoms with E-state index in [0.29, 0.717) is 12.1 Å². The number of rotatable bonds is 2. The molecule has 1 aromatic rings. The van der Waals surface area contributed by atoms with Crippen molar-refractivity contribution >= 4 is 5.91 Å². The molecule has 1 aliphatic rings. The van der Waals surface area contributed by atoms with Crippen LogP contribution in [0.2, 0.25) is 0 Å². The van der Waals surface area contributed by atoms with Gasteiger partial charge in [-0.3, -0.25) is 9.78 Å². The van der Waals surface area contributed by atoms with Crippen LogP contribution >= 0.6 is 0 Å². The maximum atomic E-state index is 12.1. The largest absolute Gasteiger partial charge is 0.339 e. The van der Waals surface area contributed by atoms with Gasteiger partial charge in [0.25, 0.3) is 5.91 Å². The fourth-order valence-electron chi connectivity index (χ4n) is 2.00. The Balaban J connectivity index is 2.12. The number of nitrogens with zero attached hydrogens (tertiary/aromatic N) is 2. The average Bonchev–Trinajstić information content (AvgIpc) is 2.39. The van der Waals surface area contributed by atoms with Gasteiger partial charge >= 0.3 is 0 Å². The molecule has 0 spiro atoms. The van der Waals surface area contributed by atoms with Crippen molar-refractivity contribution in [2.45, 2.75) is 25.8 Å². The van der Waals surface area contributed by atoms with Gasteiger partial charge in [-0.15, -0.1) is 0 Å². The van der Waals surface area contributed by atoms with Gasteiger partial charge < -0.3 is 10.6 Å². The van der Waals surface area contributed by atoms with Crippen LogP contribution in [0.15, 0.2) is 18.3 Å². The number of carbonyl (C=O) groups is 1. The maximum Gasteiger partial charge on any atom is 0.253 e. The molecule has 86 valence electrons. The summed E-state index contributed by atoms with van der Waals surface area (Å²) in [6.45, 7) is 2.12. The quantitative estimate of drug-likeness (QED) is 0.812. The zero-order chi connectivity index (χ0) is 11.4. The maximum absolute atomic E-state index is 12.1. The lowest BCUT2D eigenvalue weighted by Crippen LogP contribution is -2.35. The van der Waals surface area contributed by atoms with Crippen LogP contribution in [0.5, 0.6) is 0 Å². The molecule has 1 amide bonds. The molecule has 0 aromatic carbocycles. The second-order valence-electron chi connectivity index (χ2n) is 4.09. The highest BCUT2D eigenvalue weighted by atomic mass is 16.2. The second kappa shape index (κ2) is 5.07. The van der Waals surface area contributed by atoms with Crippen LogP contribution in [-0.4, -0.2) is 28.9 Å². The van der Waals surface area contributed by atoms with Gasteiger partial charge in [0.1, 0.15) is 0 Å². The monoisotopic (exact) mass is 219 g/mol. The topological polar surface area (TPSA) is 59.2 Å². The molecule has 1 aromatic heterocycles. The number of likely N-dealkylation sites (tertiary alicyclic amines) is 1. The third-order valence-electron chi connectivity index (χ3n) is 2.92. The summed E-state index contributed by atoms with van der Waals surface area (Å²) in [6.07, 6.45) is 5.11. The van der Waals surface area contributed by atoms with Crippen LogP contribution in [0.1, 0.15) is 35.3 Å². The second-order valence-corrected chi connectivity index (χ2v) is 4.09. The normalized spacial score (nSPS) is 16.2. The van der Waals surface area contributed by atoms with Gasteiger partial charge in [-0.1, -0.05) is 0 Å². The van der Waals surface area contributed by atoms with Crippen molar-refractivity contribution in [1.82, 2.24) is 9.88 Å². The summed E-state index contributed by atoms with van der Waals surface area (Å²) in [5.74, 6) is 0.108. The molecule has 0 aliphatic carbocycles. The van der Waals surface area contributed by atoms with Crippen molar-refractivity contribution in [1.29, 1.82) is 0 Å². The van der Waals surface area contributed by atoms with Gasteiger partial charge in [-0.2, -0.15) is 0 Å². The summed E-state index contributed by atoms with van der Waals surface area (Å²) in [7, 11) is 0. The van der Waals surface area contributed by atoms with E-state index in [1.54, 1.807) is 18.3 Å². The Morgan fingerprint density at radius 1 is 1.38 bits per heavy atom. The number of aromatic nitrogens is 1. The highest BCUT2D eigenvalue weighted by Gasteiger charge is 2.18. The van der Waals surface area contributed by atoms with E-state index < -0.39 is 0 Å². The molecule has 4 nitrogen and oxygen atoms in total. The standard InChI is InChI=1S/C12H17N3O/c13-9-11-8-10(4-5-14-11)12(16)15-6-2-1-3-7-15/h4-5,8H,1-3,6-7,9,13H2. The van der Waals surface area contributed by atoms with Gasteiger partial charge in [0.05, 0.1) is 5.69 Å². The first-order valence-corrected chi connectivity index (χ1v) is 5.75. The Kier molecular flexibility index (Phi) is 3.51. The molecular weight excluding hydrogens is 202 g/mol. The third kappa shape index (κ3) is 2.39. The van der Waals surface area contributed by atoms with Crippen molar-refractivity contribution in [3.05, 3.63) is 29.6 Å². The molecule has 0 radical (unpaired) electrons. The van der Waals surface area contributed by atoms with Crippen LogP contribution in [0.25, 0.3) is 0 Å². The molecule has 1 saturated heterocycles. The van der Waals surface area contributed by atoms with Gasteiger partial charge in [0, 0.05) is 31.4 Å². The minimum atomic E-state index is 0.108. The highest BCUT2D eigenvalue weighted by Crippen LogP contribution is 2.13. The van der Waals surface area contributed by atoms with Crippen LogP contribution in [0.4, 0.5) is 0 Å². The number of amides is 1. The summed E-state index contributed by atoms with van der Waals surface area (Å²) in [6, 6.07) is 3.55. The van der Waals surface area contributed by atoms with Gasteiger partial charge in [0.2, 0.25) is 0 Å². The molecule has 1 aliphatic heterocycles. The van der Waals surface area contributed by atoms with Crippen LogP contribution in [0.3, 0.4) is 0 Å². The van der Waals surface area contributed by atoms with Gasteiger partial charge in [-0.25, -0.2) is 0 Å². The molecule has 1 fully saturated rings. The molecule has 2 rings (SSSR count). The van der Waals surface area contributed by atoms with E-state index in [0.717, 1.165) is 31.6 Å². The van der Waals surface area contributed by atoms with Gasteiger partial charge in [-0.05, 0) is 31.4 Å². The van der Waals surface area contributed by atoms with Crippen LogP contribution < -0.4 is 5.73 Å². The highest BCUT2D eigenvalue weighted by molar-refractivity contribution is 5.94. The molecule has 2 N–H and O–H groups in total. The Bertz CT molecular complexity index is 372. The minimum absolute atomic E-state index is 0.108. The number of piperidine rings is 1. The lowest BCUT2D eigenvalue weighted by Gasteiger charge is -2.26. The lowest BCUT2D eigenvalue weighted by molar-refractivity contribution is 0.0724. The first-order chi connectivity index (χ1) is 7.81. The van der Waals surface area contributed by atoms with Crippen molar-refractivity contribution in [3.8, 4) is 0 Å².